The van der Waals surface area contributed by atoms with Crippen molar-refractivity contribution in [2.75, 3.05) is 24.6 Å². The van der Waals surface area contributed by atoms with Crippen LogP contribution in [0.5, 0.6) is 5.75 Å². The molecule has 0 saturated heterocycles. The van der Waals surface area contributed by atoms with Gasteiger partial charge in [-0.3, -0.25) is 0 Å². The highest BCUT2D eigenvalue weighted by Crippen LogP contribution is 2.35. The molecule has 0 radical (unpaired) electrons. The first-order valence-electron chi connectivity index (χ1n) is 5.48. The van der Waals surface area contributed by atoms with Crippen LogP contribution < -0.4 is 9.64 Å². The number of anilines is 1. The molecule has 1 aromatic rings. The van der Waals surface area contributed by atoms with Gasteiger partial charge in [-0.25, -0.2) is 4.79 Å². The Morgan fingerprint density at radius 2 is 2.35 bits per heavy atom. The molecule has 0 bridgehead atoms. The third-order valence-electron chi connectivity index (χ3n) is 2.63. The summed E-state index contributed by atoms with van der Waals surface area (Å²) in [5.74, 6) is -0.494. The maximum atomic E-state index is 11.1. The minimum absolute atomic E-state index is 0.217. The van der Waals surface area contributed by atoms with Crippen molar-refractivity contribution in [3.8, 4) is 5.75 Å². The summed E-state index contributed by atoms with van der Waals surface area (Å²) in [7, 11) is 0. The first-order valence-corrected chi connectivity index (χ1v) is 5.48. The summed E-state index contributed by atoms with van der Waals surface area (Å²) >= 11 is 0. The van der Waals surface area contributed by atoms with Crippen LogP contribution >= 0.6 is 0 Å². The Morgan fingerprint density at radius 3 is 3.00 bits per heavy atom. The van der Waals surface area contributed by atoms with E-state index in [2.05, 4.69) is 11.5 Å². The van der Waals surface area contributed by atoms with Gasteiger partial charge in [-0.1, -0.05) is 18.2 Å². The van der Waals surface area contributed by atoms with Crippen molar-refractivity contribution in [3.63, 3.8) is 0 Å². The summed E-state index contributed by atoms with van der Waals surface area (Å²) < 4.78 is 5.48. The molecule has 4 heteroatoms. The van der Waals surface area contributed by atoms with Crippen LogP contribution in [0.1, 0.15) is 17.3 Å². The maximum absolute atomic E-state index is 11.1. The van der Waals surface area contributed by atoms with Gasteiger partial charge in [0.2, 0.25) is 0 Å². The Labute approximate surface area is 100 Å². The quantitative estimate of drug-likeness (QED) is 0.813. The van der Waals surface area contributed by atoms with E-state index in [0.717, 1.165) is 24.4 Å². The zero-order chi connectivity index (χ0) is 12.4. The van der Waals surface area contributed by atoms with Crippen molar-refractivity contribution in [2.24, 2.45) is 0 Å². The van der Waals surface area contributed by atoms with Gasteiger partial charge < -0.3 is 14.7 Å². The molecule has 1 aromatic carbocycles. The number of para-hydroxylation sites is 1. The van der Waals surface area contributed by atoms with Crippen LogP contribution in [0.3, 0.4) is 0 Å². The molecule has 0 fully saturated rings. The lowest BCUT2D eigenvalue weighted by Gasteiger charge is -2.32. The molecule has 90 valence electrons. The lowest BCUT2D eigenvalue weighted by molar-refractivity contribution is 0.0692. The smallest absolute Gasteiger partial charge is 0.339 e. The van der Waals surface area contributed by atoms with E-state index in [-0.39, 0.29) is 5.56 Å². The Bertz CT molecular complexity index is 468. The van der Waals surface area contributed by atoms with Gasteiger partial charge in [-0.2, -0.15) is 0 Å². The number of fused-ring (bicyclic) bond motifs is 1. The fourth-order valence-corrected chi connectivity index (χ4v) is 1.96. The summed E-state index contributed by atoms with van der Waals surface area (Å²) in [6.45, 7) is 7.81. The molecular weight excluding hydrogens is 218 g/mol. The van der Waals surface area contributed by atoms with Gasteiger partial charge in [0.05, 0.1) is 12.2 Å². The molecule has 2 rings (SSSR count). The Balaban J connectivity index is 2.42. The molecule has 1 aliphatic rings. The minimum Gasteiger partial charge on any atom is -0.489 e. The second-order valence-corrected chi connectivity index (χ2v) is 4.19. The van der Waals surface area contributed by atoms with E-state index in [1.165, 1.54) is 0 Å². The molecule has 0 spiro atoms. The normalized spacial score (nSPS) is 13.8. The number of hydrogen-bond donors (Lipinski definition) is 1. The van der Waals surface area contributed by atoms with Crippen LogP contribution in [0, 0.1) is 0 Å². The van der Waals surface area contributed by atoms with Gasteiger partial charge in [0, 0.05) is 6.54 Å². The van der Waals surface area contributed by atoms with E-state index < -0.39 is 5.97 Å². The highest BCUT2D eigenvalue weighted by molar-refractivity contribution is 5.93. The van der Waals surface area contributed by atoms with Gasteiger partial charge in [-0.15, -0.1) is 0 Å². The van der Waals surface area contributed by atoms with E-state index >= 15 is 0 Å². The third kappa shape index (κ3) is 2.25. The van der Waals surface area contributed by atoms with Gasteiger partial charge in [-0.05, 0) is 19.1 Å². The fraction of sp³-hybridized carbons (Fsp3) is 0.308. The van der Waals surface area contributed by atoms with Crippen molar-refractivity contribution in [2.45, 2.75) is 6.92 Å². The molecule has 17 heavy (non-hydrogen) atoms. The van der Waals surface area contributed by atoms with E-state index in [1.807, 2.05) is 13.0 Å². The molecule has 0 unspecified atom stereocenters. The Morgan fingerprint density at radius 1 is 1.59 bits per heavy atom. The number of ether oxygens (including phenoxy) is 1. The largest absolute Gasteiger partial charge is 0.489 e. The maximum Gasteiger partial charge on any atom is 0.339 e. The Hall–Kier alpha value is -1.97. The van der Waals surface area contributed by atoms with Crippen LogP contribution in [0.4, 0.5) is 5.69 Å². The van der Waals surface area contributed by atoms with E-state index in [1.54, 1.807) is 12.1 Å². The molecule has 4 nitrogen and oxygen atoms in total. The molecule has 0 saturated carbocycles. The van der Waals surface area contributed by atoms with Crippen molar-refractivity contribution < 1.29 is 14.6 Å². The van der Waals surface area contributed by atoms with Crippen molar-refractivity contribution in [1.29, 1.82) is 0 Å². The zero-order valence-corrected chi connectivity index (χ0v) is 9.77. The lowest BCUT2D eigenvalue weighted by atomic mass is 10.1. The number of aromatic carboxylic acids is 1. The molecule has 1 heterocycles. The van der Waals surface area contributed by atoms with E-state index in [0.29, 0.717) is 12.4 Å². The highest BCUT2D eigenvalue weighted by Gasteiger charge is 2.23. The summed E-state index contributed by atoms with van der Waals surface area (Å²) in [5, 5.41) is 9.09. The van der Waals surface area contributed by atoms with Gasteiger partial charge >= 0.3 is 5.97 Å². The minimum atomic E-state index is -0.959. The van der Waals surface area contributed by atoms with Crippen molar-refractivity contribution >= 4 is 11.7 Å². The molecule has 1 aliphatic heterocycles. The molecule has 0 amide bonds. The summed E-state index contributed by atoms with van der Waals surface area (Å²) in [6, 6.07) is 5.18. The summed E-state index contributed by atoms with van der Waals surface area (Å²) in [4.78, 5) is 13.2. The molecule has 0 aliphatic carbocycles. The highest BCUT2D eigenvalue weighted by atomic mass is 16.5. The lowest BCUT2D eigenvalue weighted by Crippen LogP contribution is -2.34. The average Bonchev–Trinajstić information content (AvgIpc) is 2.28. The van der Waals surface area contributed by atoms with Crippen LogP contribution in [0.2, 0.25) is 0 Å². The molecule has 0 atom stereocenters. The SMILES string of the molecule is C=C(C)CN1CCOc2c(C(=O)O)cccc21. The number of carboxylic acid groups (broad SMARTS) is 1. The van der Waals surface area contributed by atoms with Gasteiger partial charge in [0.25, 0.3) is 0 Å². The topological polar surface area (TPSA) is 49.8 Å². The predicted octanol–water partition coefficient (Wildman–Crippen LogP) is 2.16. The first kappa shape index (κ1) is 11.5. The monoisotopic (exact) mass is 233 g/mol. The predicted molar refractivity (Wildman–Crippen MR) is 65.9 cm³/mol. The fourth-order valence-electron chi connectivity index (χ4n) is 1.96. The number of carboxylic acids is 1. The van der Waals surface area contributed by atoms with E-state index in [4.69, 9.17) is 9.84 Å². The second-order valence-electron chi connectivity index (χ2n) is 4.19. The first-order chi connectivity index (χ1) is 8.09. The zero-order valence-electron chi connectivity index (χ0n) is 9.77. The van der Waals surface area contributed by atoms with Gasteiger partial charge in [0.15, 0.2) is 5.75 Å². The number of rotatable bonds is 3. The molecule has 0 aromatic heterocycles. The van der Waals surface area contributed by atoms with Crippen LogP contribution in [-0.4, -0.2) is 30.8 Å². The van der Waals surface area contributed by atoms with Crippen LogP contribution in [0.25, 0.3) is 0 Å². The molecular formula is C13H15NO3. The summed E-state index contributed by atoms with van der Waals surface area (Å²) in [5.41, 5.74) is 2.09. The Kier molecular flexibility index (Phi) is 3.04. The second kappa shape index (κ2) is 4.49. The van der Waals surface area contributed by atoms with Crippen LogP contribution in [-0.2, 0) is 0 Å². The third-order valence-corrected chi connectivity index (χ3v) is 2.63. The van der Waals surface area contributed by atoms with Crippen molar-refractivity contribution in [3.05, 3.63) is 35.9 Å². The number of hydrogen-bond acceptors (Lipinski definition) is 3. The average molecular weight is 233 g/mol. The van der Waals surface area contributed by atoms with Crippen molar-refractivity contribution in [1.82, 2.24) is 0 Å². The number of benzene rings is 1. The number of carbonyl (C=O) groups is 1. The molecule has 1 N–H and O–H groups in total. The van der Waals surface area contributed by atoms with Gasteiger partial charge in [0.1, 0.15) is 12.2 Å². The van der Waals surface area contributed by atoms with E-state index in [9.17, 15) is 4.79 Å². The summed E-state index contributed by atoms with van der Waals surface area (Å²) in [6.07, 6.45) is 0. The number of nitrogens with zero attached hydrogens (tertiary/aromatic N) is 1. The standard InChI is InChI=1S/C13H15NO3/c1-9(2)8-14-6-7-17-12-10(13(15)16)4-3-5-11(12)14/h3-5H,1,6-8H2,2H3,(H,15,16). The van der Waals surface area contributed by atoms with Crippen LogP contribution in [0.15, 0.2) is 30.4 Å².